The van der Waals surface area contributed by atoms with Crippen molar-refractivity contribution in [3.05, 3.63) is 47.5 Å². The van der Waals surface area contributed by atoms with Crippen LogP contribution in [0.1, 0.15) is 15.9 Å². The number of aromatic hydroxyl groups is 2. The highest BCUT2D eigenvalue weighted by molar-refractivity contribution is 5.81. The maximum absolute atomic E-state index is 10.8. The van der Waals surface area contributed by atoms with Crippen LogP contribution in [-0.2, 0) is 11.2 Å². The number of carbonyl (C=O) groups is 1. The minimum atomic E-state index is 0.106. The first-order valence-corrected chi connectivity index (χ1v) is 6.39. The standard InChI is InChI=1S/C16H14O4/c17-8-10-1-3-16(19)14(5-10)11-2-4-15(18)12(6-11)7-13-9-20-13/h1-6,8,13,18-19H,7,9H2. The highest BCUT2D eigenvalue weighted by Gasteiger charge is 2.24. The van der Waals surface area contributed by atoms with E-state index in [-0.39, 0.29) is 17.6 Å². The van der Waals surface area contributed by atoms with Gasteiger partial charge in [0.25, 0.3) is 0 Å². The third-order valence-corrected chi connectivity index (χ3v) is 3.40. The van der Waals surface area contributed by atoms with Gasteiger partial charge in [-0.3, -0.25) is 4.79 Å². The van der Waals surface area contributed by atoms with Gasteiger partial charge < -0.3 is 14.9 Å². The van der Waals surface area contributed by atoms with Gasteiger partial charge in [-0.05, 0) is 41.5 Å². The van der Waals surface area contributed by atoms with E-state index in [2.05, 4.69) is 0 Å². The molecular weight excluding hydrogens is 256 g/mol. The van der Waals surface area contributed by atoms with Crippen LogP contribution in [0.2, 0.25) is 0 Å². The van der Waals surface area contributed by atoms with Crippen molar-refractivity contribution in [3.8, 4) is 22.6 Å². The first kappa shape index (κ1) is 12.7. The van der Waals surface area contributed by atoms with Crippen molar-refractivity contribution in [2.75, 3.05) is 6.61 Å². The van der Waals surface area contributed by atoms with Gasteiger partial charge in [0.05, 0.1) is 12.7 Å². The van der Waals surface area contributed by atoms with Crippen molar-refractivity contribution in [1.29, 1.82) is 0 Å². The van der Waals surface area contributed by atoms with Crippen LogP contribution in [0, 0.1) is 0 Å². The third-order valence-electron chi connectivity index (χ3n) is 3.40. The maximum Gasteiger partial charge on any atom is 0.150 e. The molecule has 1 heterocycles. The molecule has 102 valence electrons. The van der Waals surface area contributed by atoms with Crippen LogP contribution in [0.5, 0.6) is 11.5 Å². The molecule has 0 amide bonds. The Morgan fingerprint density at radius 1 is 1.15 bits per heavy atom. The van der Waals surface area contributed by atoms with Crippen molar-refractivity contribution in [1.82, 2.24) is 0 Å². The van der Waals surface area contributed by atoms with E-state index < -0.39 is 0 Å². The summed E-state index contributed by atoms with van der Waals surface area (Å²) in [6.45, 7) is 0.718. The van der Waals surface area contributed by atoms with Gasteiger partial charge >= 0.3 is 0 Å². The quantitative estimate of drug-likeness (QED) is 0.661. The normalized spacial score (nSPS) is 16.9. The van der Waals surface area contributed by atoms with Crippen molar-refractivity contribution in [2.24, 2.45) is 0 Å². The average molecular weight is 270 g/mol. The van der Waals surface area contributed by atoms with Crippen molar-refractivity contribution < 1.29 is 19.7 Å². The number of carbonyl (C=O) groups excluding carboxylic acids is 1. The molecule has 0 aromatic heterocycles. The molecule has 1 unspecified atom stereocenters. The summed E-state index contributed by atoms with van der Waals surface area (Å²) in [5, 5.41) is 19.8. The number of benzene rings is 2. The fourth-order valence-corrected chi connectivity index (χ4v) is 2.21. The smallest absolute Gasteiger partial charge is 0.150 e. The molecule has 0 aliphatic carbocycles. The lowest BCUT2D eigenvalue weighted by Gasteiger charge is -2.09. The van der Waals surface area contributed by atoms with Crippen molar-refractivity contribution in [3.63, 3.8) is 0 Å². The Labute approximate surface area is 116 Å². The van der Waals surface area contributed by atoms with E-state index in [0.29, 0.717) is 17.5 Å². The number of phenols is 2. The molecule has 20 heavy (non-hydrogen) atoms. The molecule has 4 nitrogen and oxygen atoms in total. The Balaban J connectivity index is 2.02. The Hall–Kier alpha value is -2.33. The predicted octanol–water partition coefficient (Wildman–Crippen LogP) is 2.52. The van der Waals surface area contributed by atoms with Gasteiger partial charge in [-0.1, -0.05) is 6.07 Å². The zero-order valence-corrected chi connectivity index (χ0v) is 10.7. The van der Waals surface area contributed by atoms with Gasteiger partial charge in [-0.2, -0.15) is 0 Å². The Morgan fingerprint density at radius 3 is 2.60 bits per heavy atom. The molecular formula is C16H14O4. The van der Waals surface area contributed by atoms with Crippen LogP contribution in [0.4, 0.5) is 0 Å². The number of hydrogen-bond acceptors (Lipinski definition) is 4. The fraction of sp³-hybridized carbons (Fsp3) is 0.188. The minimum absolute atomic E-state index is 0.106. The van der Waals surface area contributed by atoms with Gasteiger partial charge in [0.2, 0.25) is 0 Å². The Morgan fingerprint density at radius 2 is 1.90 bits per heavy atom. The van der Waals surface area contributed by atoms with E-state index in [1.54, 1.807) is 24.3 Å². The van der Waals surface area contributed by atoms with E-state index in [1.165, 1.54) is 6.07 Å². The van der Waals surface area contributed by atoms with E-state index in [4.69, 9.17) is 4.74 Å². The topological polar surface area (TPSA) is 70.1 Å². The highest BCUT2D eigenvalue weighted by atomic mass is 16.6. The largest absolute Gasteiger partial charge is 0.508 e. The first-order chi connectivity index (χ1) is 9.67. The van der Waals surface area contributed by atoms with Gasteiger partial charge in [-0.15, -0.1) is 0 Å². The molecule has 0 bridgehead atoms. The molecule has 1 aliphatic rings. The third kappa shape index (κ3) is 2.51. The lowest BCUT2D eigenvalue weighted by atomic mass is 9.98. The Kier molecular flexibility index (Phi) is 3.16. The molecule has 1 aliphatic heterocycles. The SMILES string of the molecule is O=Cc1ccc(O)c(-c2ccc(O)c(CC3CO3)c2)c1. The van der Waals surface area contributed by atoms with Crippen LogP contribution in [0.25, 0.3) is 11.1 Å². The molecule has 0 radical (unpaired) electrons. The van der Waals surface area contributed by atoms with Crippen molar-refractivity contribution >= 4 is 6.29 Å². The maximum atomic E-state index is 10.8. The van der Waals surface area contributed by atoms with Crippen LogP contribution < -0.4 is 0 Å². The molecule has 1 saturated heterocycles. The first-order valence-electron chi connectivity index (χ1n) is 6.39. The van der Waals surface area contributed by atoms with E-state index in [0.717, 1.165) is 24.0 Å². The zero-order chi connectivity index (χ0) is 14.1. The summed E-state index contributed by atoms with van der Waals surface area (Å²) in [7, 11) is 0. The number of ether oxygens (including phenoxy) is 1. The molecule has 2 aromatic carbocycles. The number of hydrogen-bond donors (Lipinski definition) is 2. The lowest BCUT2D eigenvalue weighted by molar-refractivity contribution is 0.112. The second-order valence-electron chi connectivity index (χ2n) is 4.90. The molecule has 1 fully saturated rings. The average Bonchev–Trinajstić information content (AvgIpc) is 3.26. The molecule has 4 heteroatoms. The van der Waals surface area contributed by atoms with Gasteiger partial charge in [0.1, 0.15) is 17.8 Å². The zero-order valence-electron chi connectivity index (χ0n) is 10.7. The molecule has 2 N–H and O–H groups in total. The van der Waals surface area contributed by atoms with Crippen LogP contribution in [-0.4, -0.2) is 29.2 Å². The molecule has 1 atom stereocenters. The fourth-order valence-electron chi connectivity index (χ4n) is 2.21. The summed E-state index contributed by atoms with van der Waals surface area (Å²) >= 11 is 0. The van der Waals surface area contributed by atoms with E-state index in [1.807, 2.05) is 6.07 Å². The predicted molar refractivity (Wildman–Crippen MR) is 74.0 cm³/mol. The summed E-state index contributed by atoms with van der Waals surface area (Å²) in [4.78, 5) is 10.8. The summed E-state index contributed by atoms with van der Waals surface area (Å²) < 4.78 is 5.17. The summed E-state index contributed by atoms with van der Waals surface area (Å²) in [5.74, 6) is 0.324. The minimum Gasteiger partial charge on any atom is -0.508 e. The van der Waals surface area contributed by atoms with Gasteiger partial charge in [-0.25, -0.2) is 0 Å². The van der Waals surface area contributed by atoms with Crippen LogP contribution in [0.3, 0.4) is 0 Å². The number of epoxide rings is 1. The summed E-state index contributed by atoms with van der Waals surface area (Å²) in [5.41, 5.74) is 2.62. The monoisotopic (exact) mass is 270 g/mol. The van der Waals surface area contributed by atoms with E-state index in [9.17, 15) is 15.0 Å². The Bertz CT molecular complexity index is 660. The van der Waals surface area contributed by atoms with E-state index >= 15 is 0 Å². The van der Waals surface area contributed by atoms with Gasteiger partial charge in [0.15, 0.2) is 0 Å². The summed E-state index contributed by atoms with van der Waals surface area (Å²) in [6.07, 6.45) is 1.56. The van der Waals surface area contributed by atoms with Crippen LogP contribution in [0.15, 0.2) is 36.4 Å². The molecule has 2 aromatic rings. The summed E-state index contributed by atoms with van der Waals surface area (Å²) in [6, 6.07) is 9.82. The number of aldehydes is 1. The van der Waals surface area contributed by atoms with Crippen molar-refractivity contribution in [2.45, 2.75) is 12.5 Å². The van der Waals surface area contributed by atoms with Gasteiger partial charge in [0, 0.05) is 17.5 Å². The molecule has 0 saturated carbocycles. The highest BCUT2D eigenvalue weighted by Crippen LogP contribution is 2.33. The second-order valence-corrected chi connectivity index (χ2v) is 4.90. The molecule has 3 rings (SSSR count). The molecule has 0 spiro atoms. The second kappa shape index (κ2) is 4.98. The van der Waals surface area contributed by atoms with Crippen LogP contribution >= 0.6 is 0 Å². The number of rotatable bonds is 4. The lowest BCUT2D eigenvalue weighted by Crippen LogP contribution is -1.94. The number of phenolic OH excluding ortho intramolecular Hbond substituents is 2.